The fourth-order valence-electron chi connectivity index (χ4n) is 3.12. The number of nitrogens with zero attached hydrogens (tertiary/aromatic N) is 2. The van der Waals surface area contributed by atoms with E-state index in [-0.39, 0.29) is 6.04 Å². The molecule has 4 heteroatoms. The van der Waals surface area contributed by atoms with Gasteiger partial charge in [-0.05, 0) is 69.9 Å². The highest BCUT2D eigenvalue weighted by molar-refractivity contribution is 5.93. The van der Waals surface area contributed by atoms with Crippen molar-refractivity contribution in [2.24, 2.45) is 5.92 Å². The Hall–Kier alpha value is -1.58. The summed E-state index contributed by atoms with van der Waals surface area (Å²) in [5.74, 6) is 0.546. The number of carboxylic acids is 1. The van der Waals surface area contributed by atoms with Gasteiger partial charge in [0.1, 0.15) is 11.4 Å². The minimum absolute atomic E-state index is 0.276. The Morgan fingerprint density at radius 2 is 2.10 bits per heavy atom. The van der Waals surface area contributed by atoms with Crippen molar-refractivity contribution in [3.05, 3.63) is 22.9 Å². The van der Waals surface area contributed by atoms with Crippen LogP contribution in [0.25, 0.3) is 0 Å². The van der Waals surface area contributed by atoms with E-state index in [0.29, 0.717) is 17.3 Å². The average molecular weight is 288 g/mol. The molecule has 0 bridgehead atoms. The third-order valence-electron chi connectivity index (χ3n) is 4.56. The van der Waals surface area contributed by atoms with E-state index in [9.17, 15) is 9.90 Å². The number of aryl methyl sites for hydroxylation is 2. The molecule has 4 nitrogen and oxygen atoms in total. The fraction of sp³-hybridized carbons (Fsp3) is 0.647. The van der Waals surface area contributed by atoms with Crippen LogP contribution in [0.3, 0.4) is 0 Å². The van der Waals surface area contributed by atoms with Gasteiger partial charge in [-0.15, -0.1) is 0 Å². The molecule has 3 rings (SSSR count). The third kappa shape index (κ3) is 3.04. The van der Waals surface area contributed by atoms with E-state index in [2.05, 4.69) is 18.7 Å². The van der Waals surface area contributed by atoms with Crippen LogP contribution in [0.4, 0.5) is 5.82 Å². The predicted molar refractivity (Wildman–Crippen MR) is 83.0 cm³/mol. The molecule has 114 valence electrons. The molecule has 2 aliphatic carbocycles. The SMILES string of the molecule is CC(C)N(CC1CC1)c1nc2c(cc1C(=O)O)CCCC2. The zero-order valence-corrected chi connectivity index (χ0v) is 12.9. The maximum Gasteiger partial charge on any atom is 0.339 e. The number of fused-ring (bicyclic) bond motifs is 1. The summed E-state index contributed by atoms with van der Waals surface area (Å²) < 4.78 is 0. The quantitative estimate of drug-likeness (QED) is 0.903. The Kier molecular flexibility index (Phi) is 3.87. The van der Waals surface area contributed by atoms with Crippen molar-refractivity contribution in [3.8, 4) is 0 Å². The fourth-order valence-corrected chi connectivity index (χ4v) is 3.12. The van der Waals surface area contributed by atoms with Crippen LogP contribution < -0.4 is 4.90 Å². The summed E-state index contributed by atoms with van der Waals surface area (Å²) in [4.78, 5) is 18.6. The lowest BCUT2D eigenvalue weighted by Gasteiger charge is -2.30. The Morgan fingerprint density at radius 1 is 1.38 bits per heavy atom. The van der Waals surface area contributed by atoms with Crippen molar-refractivity contribution in [2.75, 3.05) is 11.4 Å². The van der Waals surface area contributed by atoms with Crippen LogP contribution >= 0.6 is 0 Å². The summed E-state index contributed by atoms with van der Waals surface area (Å²) in [6, 6.07) is 2.15. The van der Waals surface area contributed by atoms with E-state index >= 15 is 0 Å². The molecule has 0 atom stereocenters. The van der Waals surface area contributed by atoms with Gasteiger partial charge in [-0.1, -0.05) is 0 Å². The first-order valence-electron chi connectivity index (χ1n) is 8.09. The van der Waals surface area contributed by atoms with Crippen molar-refractivity contribution < 1.29 is 9.90 Å². The summed E-state index contributed by atoms with van der Waals surface area (Å²) >= 11 is 0. The maximum atomic E-state index is 11.7. The van der Waals surface area contributed by atoms with Crippen LogP contribution in [-0.2, 0) is 12.8 Å². The van der Waals surface area contributed by atoms with Gasteiger partial charge in [-0.25, -0.2) is 9.78 Å². The smallest absolute Gasteiger partial charge is 0.339 e. The van der Waals surface area contributed by atoms with Gasteiger partial charge in [0.05, 0.1) is 0 Å². The van der Waals surface area contributed by atoms with Crippen molar-refractivity contribution >= 4 is 11.8 Å². The number of hydrogen-bond donors (Lipinski definition) is 1. The summed E-state index contributed by atoms with van der Waals surface area (Å²) in [5, 5.41) is 9.58. The van der Waals surface area contributed by atoms with Crippen LogP contribution in [-0.4, -0.2) is 28.6 Å². The molecular formula is C17H24N2O2. The van der Waals surface area contributed by atoms with E-state index < -0.39 is 5.97 Å². The molecule has 0 saturated heterocycles. The molecule has 1 aromatic rings. The largest absolute Gasteiger partial charge is 0.478 e. The second-order valence-corrected chi connectivity index (χ2v) is 6.67. The number of carboxylic acid groups (broad SMARTS) is 1. The lowest BCUT2D eigenvalue weighted by Crippen LogP contribution is -2.35. The topological polar surface area (TPSA) is 53.4 Å². The van der Waals surface area contributed by atoms with Gasteiger partial charge < -0.3 is 10.0 Å². The number of anilines is 1. The van der Waals surface area contributed by atoms with Crippen molar-refractivity contribution in [1.29, 1.82) is 0 Å². The number of aromatic nitrogens is 1. The summed E-state index contributed by atoms with van der Waals surface area (Å²) in [7, 11) is 0. The first-order valence-corrected chi connectivity index (χ1v) is 8.09. The molecule has 0 spiro atoms. The second-order valence-electron chi connectivity index (χ2n) is 6.67. The van der Waals surface area contributed by atoms with Gasteiger partial charge in [-0.2, -0.15) is 0 Å². The van der Waals surface area contributed by atoms with Gasteiger partial charge in [0.2, 0.25) is 0 Å². The first kappa shape index (κ1) is 14.4. The Labute approximate surface area is 126 Å². The Morgan fingerprint density at radius 3 is 2.71 bits per heavy atom. The van der Waals surface area contributed by atoms with Crippen LogP contribution in [0.1, 0.15) is 61.1 Å². The molecule has 0 aromatic carbocycles. The van der Waals surface area contributed by atoms with Crippen LogP contribution in [0.5, 0.6) is 0 Å². The minimum atomic E-state index is -0.854. The lowest BCUT2D eigenvalue weighted by molar-refractivity contribution is 0.0697. The highest BCUT2D eigenvalue weighted by Gasteiger charge is 2.29. The van der Waals surface area contributed by atoms with Crippen LogP contribution in [0.15, 0.2) is 6.07 Å². The molecule has 21 heavy (non-hydrogen) atoms. The second kappa shape index (κ2) is 5.66. The monoisotopic (exact) mass is 288 g/mol. The standard InChI is InChI=1S/C17H24N2O2/c1-11(2)19(10-12-7-8-12)16-14(17(20)21)9-13-5-3-4-6-15(13)18-16/h9,11-12H,3-8,10H2,1-2H3,(H,20,21). The Bertz CT molecular complexity index is 550. The molecule has 1 heterocycles. The number of aromatic carboxylic acids is 1. The van der Waals surface area contributed by atoms with Gasteiger partial charge in [0, 0.05) is 18.3 Å². The van der Waals surface area contributed by atoms with E-state index in [0.717, 1.165) is 43.5 Å². The van der Waals surface area contributed by atoms with Gasteiger partial charge in [0.15, 0.2) is 0 Å². The van der Waals surface area contributed by atoms with Crippen molar-refractivity contribution in [3.63, 3.8) is 0 Å². The summed E-state index contributed by atoms with van der Waals surface area (Å²) in [6.07, 6.45) is 6.77. The normalized spacial score (nSPS) is 17.7. The molecule has 2 aliphatic rings. The maximum absolute atomic E-state index is 11.7. The Balaban J connectivity index is 2.02. The first-order chi connectivity index (χ1) is 10.1. The molecule has 0 aliphatic heterocycles. The molecule has 0 amide bonds. The molecule has 1 N–H and O–H groups in total. The minimum Gasteiger partial charge on any atom is -0.478 e. The summed E-state index contributed by atoms with van der Waals surface area (Å²) in [6.45, 7) is 5.17. The molecule has 0 radical (unpaired) electrons. The van der Waals surface area contributed by atoms with Crippen LogP contribution in [0, 0.1) is 5.92 Å². The number of carbonyl (C=O) groups is 1. The molecule has 0 unspecified atom stereocenters. The predicted octanol–water partition coefficient (Wildman–Crippen LogP) is 3.28. The third-order valence-corrected chi connectivity index (χ3v) is 4.56. The van der Waals surface area contributed by atoms with Crippen molar-refractivity contribution in [2.45, 2.75) is 58.4 Å². The van der Waals surface area contributed by atoms with Crippen LogP contribution in [0.2, 0.25) is 0 Å². The van der Waals surface area contributed by atoms with E-state index in [4.69, 9.17) is 4.98 Å². The van der Waals surface area contributed by atoms with Gasteiger partial charge >= 0.3 is 5.97 Å². The zero-order valence-electron chi connectivity index (χ0n) is 12.9. The van der Waals surface area contributed by atoms with Crippen molar-refractivity contribution in [1.82, 2.24) is 4.98 Å². The highest BCUT2D eigenvalue weighted by atomic mass is 16.4. The lowest BCUT2D eigenvalue weighted by atomic mass is 9.94. The average Bonchev–Trinajstić information content (AvgIpc) is 3.27. The van der Waals surface area contributed by atoms with E-state index in [1.807, 2.05) is 6.07 Å². The number of rotatable bonds is 5. The van der Waals surface area contributed by atoms with Gasteiger partial charge in [-0.3, -0.25) is 0 Å². The summed E-state index contributed by atoms with van der Waals surface area (Å²) in [5.41, 5.74) is 2.63. The molecular weight excluding hydrogens is 264 g/mol. The number of pyridine rings is 1. The molecule has 1 aromatic heterocycles. The van der Waals surface area contributed by atoms with E-state index in [1.165, 1.54) is 12.8 Å². The highest BCUT2D eigenvalue weighted by Crippen LogP contribution is 2.34. The number of hydrogen-bond acceptors (Lipinski definition) is 3. The molecule has 1 saturated carbocycles. The zero-order chi connectivity index (χ0) is 15.0. The van der Waals surface area contributed by atoms with E-state index in [1.54, 1.807) is 0 Å². The van der Waals surface area contributed by atoms with Gasteiger partial charge in [0.25, 0.3) is 0 Å². The molecule has 1 fully saturated rings.